The molecule has 0 fully saturated rings. The zero-order valence-corrected chi connectivity index (χ0v) is 17.4. The van der Waals surface area contributed by atoms with Crippen molar-refractivity contribution in [1.29, 1.82) is 0 Å². The summed E-state index contributed by atoms with van der Waals surface area (Å²) < 4.78 is 20.5. The molecule has 1 amide bonds. The van der Waals surface area contributed by atoms with Crippen molar-refractivity contribution in [2.75, 3.05) is 19.5 Å². The van der Waals surface area contributed by atoms with Crippen molar-refractivity contribution in [3.63, 3.8) is 0 Å². The highest BCUT2D eigenvalue weighted by atomic mass is 35.5. The molecule has 3 rings (SSSR count). The molecule has 2 aromatic carbocycles. The molecule has 0 saturated heterocycles. The van der Waals surface area contributed by atoms with Gasteiger partial charge in [0, 0.05) is 10.7 Å². The standard InChI is InChI=1S/C22H18ClNO7/c1-28-21(26)13-8-14(22(27)29-2)10-16(9-13)24-20(25)19-7-6-18(31-19)12-30-17-5-3-4-15(23)11-17/h3-11H,12H2,1-2H3,(H,24,25). The Kier molecular flexibility index (Phi) is 6.94. The summed E-state index contributed by atoms with van der Waals surface area (Å²) in [6.07, 6.45) is 0. The SMILES string of the molecule is COC(=O)c1cc(NC(=O)c2ccc(COc3cccc(Cl)c3)o2)cc(C(=O)OC)c1. The lowest BCUT2D eigenvalue weighted by Crippen LogP contribution is -2.13. The van der Waals surface area contributed by atoms with E-state index in [0.717, 1.165) is 0 Å². The fraction of sp³-hybridized carbons (Fsp3) is 0.136. The summed E-state index contributed by atoms with van der Waals surface area (Å²) >= 11 is 5.91. The molecule has 0 aliphatic rings. The molecule has 0 aliphatic heterocycles. The predicted molar refractivity (Wildman–Crippen MR) is 112 cm³/mol. The zero-order valence-electron chi connectivity index (χ0n) is 16.6. The number of esters is 2. The van der Waals surface area contributed by atoms with Gasteiger partial charge in [0.15, 0.2) is 5.76 Å². The van der Waals surface area contributed by atoms with E-state index in [2.05, 4.69) is 14.8 Å². The first-order valence-corrected chi connectivity index (χ1v) is 9.37. The van der Waals surface area contributed by atoms with E-state index in [-0.39, 0.29) is 29.2 Å². The quantitative estimate of drug-likeness (QED) is 0.541. The second kappa shape index (κ2) is 9.82. The third kappa shape index (κ3) is 5.64. The number of carbonyl (C=O) groups is 3. The number of furan rings is 1. The van der Waals surface area contributed by atoms with Crippen molar-refractivity contribution in [2.45, 2.75) is 6.61 Å². The molecular formula is C22H18ClNO7. The fourth-order valence-electron chi connectivity index (χ4n) is 2.65. The van der Waals surface area contributed by atoms with Crippen molar-refractivity contribution < 1.29 is 33.0 Å². The third-order valence-electron chi connectivity index (χ3n) is 4.10. The van der Waals surface area contributed by atoms with E-state index in [1.54, 1.807) is 30.3 Å². The maximum Gasteiger partial charge on any atom is 0.337 e. The van der Waals surface area contributed by atoms with Crippen LogP contribution in [-0.4, -0.2) is 32.1 Å². The van der Waals surface area contributed by atoms with E-state index >= 15 is 0 Å². The molecule has 31 heavy (non-hydrogen) atoms. The largest absolute Gasteiger partial charge is 0.486 e. The fourth-order valence-corrected chi connectivity index (χ4v) is 2.83. The minimum atomic E-state index is -0.667. The summed E-state index contributed by atoms with van der Waals surface area (Å²) in [5, 5.41) is 3.12. The van der Waals surface area contributed by atoms with Crippen LogP contribution in [0.3, 0.4) is 0 Å². The van der Waals surface area contributed by atoms with Gasteiger partial charge in [-0.3, -0.25) is 4.79 Å². The van der Waals surface area contributed by atoms with Crippen molar-refractivity contribution >= 4 is 35.1 Å². The highest BCUT2D eigenvalue weighted by Gasteiger charge is 2.17. The van der Waals surface area contributed by atoms with Crippen molar-refractivity contribution in [3.05, 3.63) is 82.3 Å². The number of hydrogen-bond donors (Lipinski definition) is 1. The van der Waals surface area contributed by atoms with Crippen LogP contribution in [0.1, 0.15) is 37.0 Å². The lowest BCUT2D eigenvalue weighted by atomic mass is 10.1. The van der Waals surface area contributed by atoms with E-state index in [0.29, 0.717) is 16.5 Å². The van der Waals surface area contributed by atoms with Gasteiger partial charge in [0.05, 0.1) is 25.3 Å². The molecular weight excluding hydrogens is 426 g/mol. The monoisotopic (exact) mass is 443 g/mol. The Bertz CT molecular complexity index is 1090. The van der Waals surface area contributed by atoms with Crippen molar-refractivity contribution in [2.24, 2.45) is 0 Å². The number of methoxy groups -OCH3 is 2. The van der Waals surface area contributed by atoms with Crippen LogP contribution in [0.2, 0.25) is 5.02 Å². The number of nitrogens with one attached hydrogen (secondary N) is 1. The number of carbonyl (C=O) groups excluding carboxylic acids is 3. The van der Waals surface area contributed by atoms with Crippen LogP contribution in [0.25, 0.3) is 0 Å². The molecule has 0 aliphatic carbocycles. The third-order valence-corrected chi connectivity index (χ3v) is 4.33. The molecule has 8 nitrogen and oxygen atoms in total. The minimum absolute atomic E-state index is 0.0211. The number of halogens is 1. The Hall–Kier alpha value is -3.78. The first-order chi connectivity index (χ1) is 14.9. The first kappa shape index (κ1) is 21.9. The Balaban J connectivity index is 1.72. The topological polar surface area (TPSA) is 104 Å². The summed E-state index contributed by atoms with van der Waals surface area (Å²) in [4.78, 5) is 36.3. The Morgan fingerprint density at radius 3 is 2.23 bits per heavy atom. The summed E-state index contributed by atoms with van der Waals surface area (Å²) in [5.41, 5.74) is 0.355. The van der Waals surface area contributed by atoms with Gasteiger partial charge in [0.25, 0.3) is 5.91 Å². The highest BCUT2D eigenvalue weighted by Crippen LogP contribution is 2.21. The molecule has 0 atom stereocenters. The van der Waals surface area contributed by atoms with Crippen LogP contribution in [0.5, 0.6) is 5.75 Å². The molecule has 1 aromatic heterocycles. The van der Waals surface area contributed by atoms with Crippen LogP contribution < -0.4 is 10.1 Å². The lowest BCUT2D eigenvalue weighted by molar-refractivity contribution is 0.0599. The van der Waals surface area contributed by atoms with E-state index < -0.39 is 17.8 Å². The van der Waals surface area contributed by atoms with Crippen LogP contribution in [-0.2, 0) is 16.1 Å². The van der Waals surface area contributed by atoms with Gasteiger partial charge in [-0.15, -0.1) is 0 Å². The minimum Gasteiger partial charge on any atom is -0.486 e. The lowest BCUT2D eigenvalue weighted by Gasteiger charge is -2.09. The molecule has 1 N–H and O–H groups in total. The van der Waals surface area contributed by atoms with E-state index in [1.165, 1.54) is 38.5 Å². The van der Waals surface area contributed by atoms with Gasteiger partial charge in [-0.05, 0) is 48.5 Å². The van der Waals surface area contributed by atoms with Crippen LogP contribution >= 0.6 is 11.6 Å². The van der Waals surface area contributed by atoms with Gasteiger partial charge in [0.2, 0.25) is 0 Å². The second-order valence-corrected chi connectivity index (χ2v) is 6.68. The van der Waals surface area contributed by atoms with Crippen molar-refractivity contribution in [3.8, 4) is 5.75 Å². The Labute approximate surface area is 182 Å². The second-order valence-electron chi connectivity index (χ2n) is 6.25. The van der Waals surface area contributed by atoms with Gasteiger partial charge < -0.3 is 23.9 Å². The molecule has 9 heteroatoms. The molecule has 0 radical (unpaired) electrons. The van der Waals surface area contributed by atoms with E-state index in [4.69, 9.17) is 20.8 Å². The van der Waals surface area contributed by atoms with Crippen LogP contribution in [0.15, 0.2) is 59.0 Å². The number of amides is 1. The maximum absolute atomic E-state index is 12.6. The van der Waals surface area contributed by atoms with Gasteiger partial charge in [-0.2, -0.15) is 0 Å². The molecule has 0 bridgehead atoms. The van der Waals surface area contributed by atoms with Crippen LogP contribution in [0, 0.1) is 0 Å². The summed E-state index contributed by atoms with van der Waals surface area (Å²) in [6.45, 7) is 0.0952. The Morgan fingerprint density at radius 2 is 1.61 bits per heavy atom. The summed E-state index contributed by atoms with van der Waals surface area (Å²) in [7, 11) is 2.42. The number of hydrogen-bond acceptors (Lipinski definition) is 7. The number of ether oxygens (including phenoxy) is 3. The molecule has 0 spiro atoms. The zero-order chi connectivity index (χ0) is 22.4. The molecule has 0 saturated carbocycles. The molecule has 3 aromatic rings. The average molecular weight is 444 g/mol. The summed E-state index contributed by atoms with van der Waals surface area (Å²) in [5.74, 6) is -0.910. The molecule has 0 unspecified atom stereocenters. The summed E-state index contributed by atoms with van der Waals surface area (Å²) in [6, 6.07) is 14.0. The highest BCUT2D eigenvalue weighted by molar-refractivity contribution is 6.30. The maximum atomic E-state index is 12.6. The van der Waals surface area contributed by atoms with E-state index in [1.807, 2.05) is 0 Å². The average Bonchev–Trinajstić information content (AvgIpc) is 3.25. The van der Waals surface area contributed by atoms with Crippen LogP contribution in [0.4, 0.5) is 5.69 Å². The number of rotatable bonds is 7. The first-order valence-electron chi connectivity index (χ1n) is 8.99. The smallest absolute Gasteiger partial charge is 0.337 e. The van der Waals surface area contributed by atoms with E-state index in [9.17, 15) is 14.4 Å². The number of anilines is 1. The Morgan fingerprint density at radius 1 is 0.935 bits per heavy atom. The van der Waals surface area contributed by atoms with Gasteiger partial charge in [-0.1, -0.05) is 17.7 Å². The van der Waals surface area contributed by atoms with Gasteiger partial charge in [0.1, 0.15) is 18.1 Å². The predicted octanol–water partition coefficient (Wildman–Crippen LogP) is 4.34. The van der Waals surface area contributed by atoms with Crippen molar-refractivity contribution in [1.82, 2.24) is 0 Å². The molecule has 160 valence electrons. The molecule has 1 heterocycles. The van der Waals surface area contributed by atoms with Gasteiger partial charge >= 0.3 is 11.9 Å². The normalized spacial score (nSPS) is 10.3. The number of benzene rings is 2. The van der Waals surface area contributed by atoms with Gasteiger partial charge in [-0.25, -0.2) is 9.59 Å².